The molecule has 2 heteroatoms. The van der Waals surface area contributed by atoms with Crippen LogP contribution in [-0.4, -0.2) is 11.1 Å². The van der Waals surface area contributed by atoms with Gasteiger partial charge in [0, 0.05) is 6.42 Å². The van der Waals surface area contributed by atoms with Crippen LogP contribution in [0, 0.1) is 41.4 Å². The molecule has 0 aliphatic heterocycles. The van der Waals surface area contributed by atoms with E-state index < -0.39 is 5.97 Å². The zero-order valence-corrected chi connectivity index (χ0v) is 12.5. The van der Waals surface area contributed by atoms with E-state index in [1.807, 2.05) is 0 Å². The third kappa shape index (κ3) is 1.94. The molecule has 0 aromatic rings. The Balaban J connectivity index is 1.18. The first-order chi connectivity index (χ1) is 9.75. The van der Waals surface area contributed by atoms with Crippen LogP contribution in [0.25, 0.3) is 0 Å². The molecule has 0 amide bonds. The van der Waals surface area contributed by atoms with Crippen molar-refractivity contribution >= 4 is 5.97 Å². The van der Waals surface area contributed by atoms with E-state index in [-0.39, 0.29) is 0 Å². The van der Waals surface area contributed by atoms with Crippen LogP contribution >= 0.6 is 0 Å². The van der Waals surface area contributed by atoms with E-state index >= 15 is 0 Å². The summed E-state index contributed by atoms with van der Waals surface area (Å²) < 4.78 is 0. The van der Waals surface area contributed by atoms with Gasteiger partial charge in [-0.3, -0.25) is 4.79 Å². The van der Waals surface area contributed by atoms with Crippen molar-refractivity contribution in [3.63, 3.8) is 0 Å². The summed E-state index contributed by atoms with van der Waals surface area (Å²) >= 11 is 0. The highest BCUT2D eigenvalue weighted by atomic mass is 16.4. The number of fused-ring (bicyclic) bond motifs is 7. The van der Waals surface area contributed by atoms with Gasteiger partial charge in [0.1, 0.15) is 0 Å². The average molecular weight is 276 g/mol. The highest BCUT2D eigenvalue weighted by Gasteiger charge is 2.68. The molecule has 2 nitrogen and oxygen atoms in total. The van der Waals surface area contributed by atoms with Crippen LogP contribution in [0.5, 0.6) is 0 Å². The van der Waals surface area contributed by atoms with E-state index in [0.717, 1.165) is 42.4 Å². The Morgan fingerprint density at radius 1 is 0.850 bits per heavy atom. The van der Waals surface area contributed by atoms with E-state index in [4.69, 9.17) is 5.11 Å². The molecule has 112 valence electrons. The van der Waals surface area contributed by atoms with Gasteiger partial charge in [-0.1, -0.05) is 25.7 Å². The minimum atomic E-state index is -0.633. The quantitative estimate of drug-likeness (QED) is 0.733. The summed E-state index contributed by atoms with van der Waals surface area (Å²) in [5.41, 5.74) is 0. The normalized spacial score (nSPS) is 47.9. The van der Waals surface area contributed by atoms with Crippen LogP contribution < -0.4 is 0 Å². The Morgan fingerprint density at radius 3 is 2.20 bits per heavy atom. The topological polar surface area (TPSA) is 37.3 Å². The number of aliphatic carboxylic acids is 1. The number of unbranched alkanes of at least 4 members (excludes halogenated alkanes) is 2. The van der Waals surface area contributed by atoms with E-state index in [0.29, 0.717) is 6.42 Å². The predicted octanol–water partition coefficient (Wildman–Crippen LogP) is 4.34. The molecule has 4 fully saturated rings. The van der Waals surface area contributed by atoms with Crippen molar-refractivity contribution in [1.82, 2.24) is 0 Å². The minimum Gasteiger partial charge on any atom is -0.481 e. The second kappa shape index (κ2) is 5.03. The van der Waals surface area contributed by atoms with Crippen molar-refractivity contribution in [2.24, 2.45) is 41.4 Å². The van der Waals surface area contributed by atoms with Crippen molar-refractivity contribution < 1.29 is 9.90 Å². The highest BCUT2D eigenvalue weighted by molar-refractivity contribution is 5.66. The number of hydrogen-bond acceptors (Lipinski definition) is 1. The molecule has 4 aliphatic rings. The molecule has 0 radical (unpaired) electrons. The van der Waals surface area contributed by atoms with Gasteiger partial charge in [0.25, 0.3) is 0 Å². The summed E-state index contributed by atoms with van der Waals surface area (Å²) in [7, 11) is 0. The molecule has 0 aromatic heterocycles. The van der Waals surface area contributed by atoms with Gasteiger partial charge in [0.15, 0.2) is 0 Å². The van der Waals surface area contributed by atoms with Gasteiger partial charge >= 0.3 is 5.97 Å². The maximum atomic E-state index is 10.5. The maximum absolute atomic E-state index is 10.5. The predicted molar refractivity (Wildman–Crippen MR) is 78.2 cm³/mol. The summed E-state index contributed by atoms with van der Waals surface area (Å²) in [4.78, 5) is 10.5. The summed E-state index contributed by atoms with van der Waals surface area (Å²) in [5.74, 6) is 7.25. The molecule has 4 aliphatic carbocycles. The van der Waals surface area contributed by atoms with Gasteiger partial charge in [0.05, 0.1) is 0 Å². The van der Waals surface area contributed by atoms with Crippen LogP contribution in [0.2, 0.25) is 0 Å². The number of hydrogen-bond donors (Lipinski definition) is 1. The number of carbonyl (C=O) groups is 1. The molecule has 7 atom stereocenters. The van der Waals surface area contributed by atoms with Crippen LogP contribution in [0.4, 0.5) is 0 Å². The van der Waals surface area contributed by atoms with Crippen LogP contribution in [0.3, 0.4) is 0 Å². The standard InChI is InChI=1S/C18H28O2/c19-16(20)5-3-1-2-4-11-6-7-14-15(10-11)18-13-9-8-12(13)17(14)18/h11-15,17-18H,1-10H2,(H,19,20). The minimum absolute atomic E-state index is 0.363. The van der Waals surface area contributed by atoms with Crippen molar-refractivity contribution in [3.8, 4) is 0 Å². The Morgan fingerprint density at radius 2 is 1.50 bits per heavy atom. The summed E-state index contributed by atoms with van der Waals surface area (Å²) in [5, 5.41) is 8.65. The second-order valence-corrected chi connectivity index (χ2v) is 8.06. The van der Waals surface area contributed by atoms with Crippen molar-refractivity contribution in [1.29, 1.82) is 0 Å². The molecule has 0 aromatic carbocycles. The van der Waals surface area contributed by atoms with E-state index in [1.165, 1.54) is 43.9 Å². The largest absolute Gasteiger partial charge is 0.481 e. The lowest BCUT2D eigenvalue weighted by Gasteiger charge is -2.74. The SMILES string of the molecule is O=C(O)CCCCCC1CCC2C(C1)C1C3CCC3C21. The molecule has 7 unspecified atom stereocenters. The third-order valence-corrected chi connectivity index (χ3v) is 7.37. The Bertz CT molecular complexity index is 385. The van der Waals surface area contributed by atoms with Gasteiger partial charge in [0.2, 0.25) is 0 Å². The lowest BCUT2D eigenvalue weighted by atomic mass is 9.30. The fourth-order valence-electron chi connectivity index (χ4n) is 6.38. The molecule has 4 rings (SSSR count). The summed E-state index contributed by atoms with van der Waals surface area (Å²) in [6.07, 6.45) is 12.6. The van der Waals surface area contributed by atoms with Crippen LogP contribution in [-0.2, 0) is 4.79 Å². The van der Waals surface area contributed by atoms with Crippen molar-refractivity contribution in [3.05, 3.63) is 0 Å². The lowest BCUT2D eigenvalue weighted by molar-refractivity contribution is -0.264. The molecule has 0 bridgehead atoms. The first kappa shape index (κ1) is 13.2. The van der Waals surface area contributed by atoms with Gasteiger partial charge in [-0.2, -0.15) is 0 Å². The second-order valence-electron chi connectivity index (χ2n) is 8.06. The fraction of sp³-hybridized carbons (Fsp3) is 0.944. The highest BCUT2D eigenvalue weighted by Crippen LogP contribution is 2.74. The molecular weight excluding hydrogens is 248 g/mol. The zero-order valence-electron chi connectivity index (χ0n) is 12.5. The maximum Gasteiger partial charge on any atom is 0.303 e. The van der Waals surface area contributed by atoms with Crippen LogP contribution in [0.1, 0.15) is 64.2 Å². The van der Waals surface area contributed by atoms with Crippen LogP contribution in [0.15, 0.2) is 0 Å². The summed E-state index contributed by atoms with van der Waals surface area (Å²) in [6, 6.07) is 0. The lowest BCUT2D eigenvalue weighted by Crippen LogP contribution is -2.69. The van der Waals surface area contributed by atoms with Gasteiger partial charge in [-0.15, -0.1) is 0 Å². The zero-order chi connectivity index (χ0) is 13.7. The number of rotatable bonds is 6. The number of carboxylic acids is 1. The van der Waals surface area contributed by atoms with Gasteiger partial charge in [-0.25, -0.2) is 0 Å². The number of carboxylic acid groups (broad SMARTS) is 1. The molecular formula is C18H28O2. The third-order valence-electron chi connectivity index (χ3n) is 7.37. The molecule has 0 saturated heterocycles. The molecule has 4 saturated carbocycles. The first-order valence-electron chi connectivity index (χ1n) is 8.97. The van der Waals surface area contributed by atoms with Crippen molar-refractivity contribution in [2.75, 3.05) is 0 Å². The smallest absolute Gasteiger partial charge is 0.303 e. The fourth-order valence-corrected chi connectivity index (χ4v) is 6.38. The van der Waals surface area contributed by atoms with Crippen molar-refractivity contribution in [2.45, 2.75) is 64.2 Å². The van der Waals surface area contributed by atoms with E-state index in [9.17, 15) is 4.79 Å². The first-order valence-corrected chi connectivity index (χ1v) is 8.97. The van der Waals surface area contributed by atoms with E-state index in [2.05, 4.69) is 0 Å². The monoisotopic (exact) mass is 276 g/mol. The Labute approximate surface area is 122 Å². The molecule has 20 heavy (non-hydrogen) atoms. The van der Waals surface area contributed by atoms with Gasteiger partial charge < -0.3 is 5.11 Å². The average Bonchev–Trinajstić information content (AvgIpc) is 2.40. The van der Waals surface area contributed by atoms with E-state index in [1.54, 1.807) is 12.8 Å². The Hall–Kier alpha value is -0.530. The summed E-state index contributed by atoms with van der Waals surface area (Å²) in [6.45, 7) is 0. The molecule has 0 spiro atoms. The molecule has 0 heterocycles. The molecule has 1 N–H and O–H groups in total. The van der Waals surface area contributed by atoms with Gasteiger partial charge in [-0.05, 0) is 73.5 Å². The Kier molecular flexibility index (Phi) is 3.31.